The Hall–Kier alpha value is -2.00. The Bertz CT molecular complexity index is 491. The van der Waals surface area contributed by atoms with Crippen LogP contribution in [-0.2, 0) is 0 Å². The van der Waals surface area contributed by atoms with E-state index in [0.717, 1.165) is 11.1 Å². The molecule has 0 bridgehead atoms. The molecule has 0 saturated heterocycles. The van der Waals surface area contributed by atoms with Crippen LogP contribution in [0.3, 0.4) is 0 Å². The normalized spacial score (nSPS) is 9.72. The fraction of sp³-hybridized carbons (Fsp3) is 0.462. The molecule has 5 nitrogen and oxygen atoms in total. The van der Waals surface area contributed by atoms with Crippen LogP contribution in [0.4, 0.5) is 0 Å². The van der Waals surface area contributed by atoms with Crippen molar-refractivity contribution in [2.75, 3.05) is 13.7 Å². The molecule has 5 heteroatoms. The smallest absolute Gasteiger partial charge is 0.166 e. The van der Waals surface area contributed by atoms with Crippen LogP contribution < -0.4 is 4.74 Å². The number of azide groups is 1. The molecule has 1 rings (SSSR count). The average molecular weight is 247 g/mol. The number of hydrogen-bond acceptors (Lipinski definition) is 3. The first kappa shape index (κ1) is 14.1. The van der Waals surface area contributed by atoms with E-state index in [1.165, 1.54) is 0 Å². The zero-order chi connectivity index (χ0) is 13.5. The van der Waals surface area contributed by atoms with Gasteiger partial charge in [-0.1, -0.05) is 11.2 Å². The third-order valence-electron chi connectivity index (χ3n) is 2.65. The van der Waals surface area contributed by atoms with Crippen LogP contribution in [0.1, 0.15) is 34.3 Å². The van der Waals surface area contributed by atoms with E-state index in [2.05, 4.69) is 10.0 Å². The third-order valence-corrected chi connectivity index (χ3v) is 2.65. The van der Waals surface area contributed by atoms with Crippen molar-refractivity contribution in [3.8, 4) is 5.75 Å². The van der Waals surface area contributed by atoms with Crippen LogP contribution in [-0.4, -0.2) is 19.4 Å². The van der Waals surface area contributed by atoms with Gasteiger partial charge in [-0.2, -0.15) is 0 Å². The maximum Gasteiger partial charge on any atom is 0.166 e. The van der Waals surface area contributed by atoms with Gasteiger partial charge in [0.2, 0.25) is 0 Å². The summed E-state index contributed by atoms with van der Waals surface area (Å²) in [7, 11) is 1.56. The van der Waals surface area contributed by atoms with Gasteiger partial charge < -0.3 is 4.74 Å². The van der Waals surface area contributed by atoms with Gasteiger partial charge in [0.1, 0.15) is 5.75 Å². The zero-order valence-corrected chi connectivity index (χ0v) is 10.9. The molecule has 96 valence electrons. The van der Waals surface area contributed by atoms with Crippen molar-refractivity contribution in [2.24, 2.45) is 5.11 Å². The van der Waals surface area contributed by atoms with Crippen molar-refractivity contribution in [3.05, 3.63) is 39.3 Å². The van der Waals surface area contributed by atoms with Crippen molar-refractivity contribution in [1.82, 2.24) is 0 Å². The number of hydrogen-bond donors (Lipinski definition) is 0. The summed E-state index contributed by atoms with van der Waals surface area (Å²) >= 11 is 0. The van der Waals surface area contributed by atoms with Gasteiger partial charge in [-0.15, -0.1) is 0 Å². The Morgan fingerprint density at radius 2 is 2.17 bits per heavy atom. The SMILES string of the molecule is COc1c(C)cc(C)cc1C(=O)CCCN=[N+]=[N-]. The van der Waals surface area contributed by atoms with E-state index in [1.54, 1.807) is 7.11 Å². The van der Waals surface area contributed by atoms with Gasteiger partial charge >= 0.3 is 0 Å². The highest BCUT2D eigenvalue weighted by Gasteiger charge is 2.14. The fourth-order valence-corrected chi connectivity index (χ4v) is 1.92. The van der Waals surface area contributed by atoms with E-state index in [-0.39, 0.29) is 5.78 Å². The first-order valence-electron chi connectivity index (χ1n) is 5.79. The second-order valence-corrected chi connectivity index (χ2v) is 4.14. The summed E-state index contributed by atoms with van der Waals surface area (Å²) in [5.41, 5.74) is 10.8. The number of methoxy groups -OCH3 is 1. The molecule has 1 aromatic carbocycles. The summed E-state index contributed by atoms with van der Waals surface area (Å²) in [5.74, 6) is 0.654. The molecule has 0 amide bonds. The Morgan fingerprint density at radius 3 is 2.78 bits per heavy atom. The maximum absolute atomic E-state index is 12.1. The van der Waals surface area contributed by atoms with Crippen LogP contribution in [0.15, 0.2) is 17.2 Å². The number of carbonyl (C=O) groups excluding carboxylic acids is 1. The van der Waals surface area contributed by atoms with E-state index in [9.17, 15) is 4.79 Å². The minimum Gasteiger partial charge on any atom is -0.496 e. The topological polar surface area (TPSA) is 75.1 Å². The molecular weight excluding hydrogens is 230 g/mol. The van der Waals surface area contributed by atoms with Crippen LogP contribution in [0.5, 0.6) is 5.75 Å². The van der Waals surface area contributed by atoms with Crippen molar-refractivity contribution in [3.63, 3.8) is 0 Å². The lowest BCUT2D eigenvalue weighted by molar-refractivity contribution is 0.0977. The average Bonchev–Trinajstić information content (AvgIpc) is 2.33. The molecule has 0 aliphatic heterocycles. The van der Waals surface area contributed by atoms with Crippen molar-refractivity contribution < 1.29 is 9.53 Å². The lowest BCUT2D eigenvalue weighted by Gasteiger charge is -2.11. The van der Waals surface area contributed by atoms with Crippen LogP contribution in [0.25, 0.3) is 10.4 Å². The van der Waals surface area contributed by atoms with Gasteiger partial charge in [-0.3, -0.25) is 4.79 Å². The van der Waals surface area contributed by atoms with E-state index < -0.39 is 0 Å². The Balaban J connectivity index is 2.87. The van der Waals surface area contributed by atoms with Crippen molar-refractivity contribution in [1.29, 1.82) is 0 Å². The molecule has 0 aliphatic rings. The maximum atomic E-state index is 12.1. The molecule has 0 heterocycles. The van der Waals surface area contributed by atoms with E-state index in [1.807, 2.05) is 26.0 Å². The summed E-state index contributed by atoms with van der Waals surface area (Å²) in [6.07, 6.45) is 0.914. The van der Waals surface area contributed by atoms with Gasteiger partial charge in [-0.05, 0) is 43.0 Å². The monoisotopic (exact) mass is 247 g/mol. The van der Waals surface area contributed by atoms with Gasteiger partial charge in [0.15, 0.2) is 5.78 Å². The number of Topliss-reactive ketones (excluding diaryl/α,β-unsaturated/α-hetero) is 1. The Kier molecular flexibility index (Phi) is 5.21. The van der Waals surface area contributed by atoms with Gasteiger partial charge in [0, 0.05) is 17.9 Å². The standard InChI is InChI=1S/C13H17N3O2/c1-9-7-10(2)13(18-3)11(8-9)12(17)5-4-6-15-16-14/h7-8H,4-6H2,1-3H3. The molecule has 0 aliphatic carbocycles. The van der Waals surface area contributed by atoms with Crippen molar-refractivity contribution in [2.45, 2.75) is 26.7 Å². The molecule has 0 saturated carbocycles. The van der Waals surface area contributed by atoms with Crippen LogP contribution in [0, 0.1) is 13.8 Å². The predicted octanol–water partition coefficient (Wildman–Crippen LogP) is 3.59. The number of carbonyl (C=O) groups is 1. The van der Waals surface area contributed by atoms with E-state index >= 15 is 0 Å². The first-order valence-corrected chi connectivity index (χ1v) is 5.79. The molecule has 1 aromatic rings. The minimum atomic E-state index is 0.0202. The quantitative estimate of drug-likeness (QED) is 0.253. The molecule has 0 spiro atoms. The second kappa shape index (κ2) is 6.67. The number of nitrogens with zero attached hydrogens (tertiary/aromatic N) is 3. The predicted molar refractivity (Wildman–Crippen MR) is 70.0 cm³/mol. The first-order chi connectivity index (χ1) is 8.60. The van der Waals surface area contributed by atoms with Crippen LogP contribution in [0.2, 0.25) is 0 Å². The third kappa shape index (κ3) is 3.50. The lowest BCUT2D eigenvalue weighted by atomic mass is 10.00. The van der Waals surface area contributed by atoms with Gasteiger partial charge in [0.05, 0.1) is 12.7 Å². The summed E-state index contributed by atoms with van der Waals surface area (Å²) in [4.78, 5) is 14.7. The molecule has 0 N–H and O–H groups in total. The number of benzene rings is 1. The largest absolute Gasteiger partial charge is 0.496 e. The summed E-state index contributed by atoms with van der Waals surface area (Å²) < 4.78 is 5.28. The highest BCUT2D eigenvalue weighted by molar-refractivity contribution is 5.99. The number of ether oxygens (including phenoxy) is 1. The summed E-state index contributed by atoms with van der Waals surface area (Å²) in [6.45, 7) is 4.21. The molecular formula is C13H17N3O2. The fourth-order valence-electron chi connectivity index (χ4n) is 1.92. The van der Waals surface area contributed by atoms with E-state index in [0.29, 0.717) is 30.7 Å². The molecule has 18 heavy (non-hydrogen) atoms. The molecule has 0 unspecified atom stereocenters. The van der Waals surface area contributed by atoms with E-state index in [4.69, 9.17) is 10.3 Å². The number of ketones is 1. The molecule has 0 fully saturated rings. The lowest BCUT2D eigenvalue weighted by Crippen LogP contribution is -2.05. The Labute approximate surface area is 106 Å². The second-order valence-electron chi connectivity index (χ2n) is 4.14. The van der Waals surface area contributed by atoms with Gasteiger partial charge in [-0.25, -0.2) is 0 Å². The molecule has 0 aromatic heterocycles. The zero-order valence-electron chi connectivity index (χ0n) is 10.9. The molecule has 0 radical (unpaired) electrons. The highest BCUT2D eigenvalue weighted by atomic mass is 16.5. The highest BCUT2D eigenvalue weighted by Crippen LogP contribution is 2.26. The number of aryl methyl sites for hydroxylation is 2. The molecule has 0 atom stereocenters. The summed E-state index contributed by atoms with van der Waals surface area (Å²) in [5, 5.41) is 3.41. The number of rotatable bonds is 6. The minimum absolute atomic E-state index is 0.0202. The van der Waals surface area contributed by atoms with Crippen LogP contribution >= 0.6 is 0 Å². The van der Waals surface area contributed by atoms with Gasteiger partial charge in [0.25, 0.3) is 0 Å². The van der Waals surface area contributed by atoms with Crippen molar-refractivity contribution >= 4 is 5.78 Å². The summed E-state index contributed by atoms with van der Waals surface area (Å²) in [6, 6.07) is 3.82. The Morgan fingerprint density at radius 1 is 1.44 bits per heavy atom.